The lowest BCUT2D eigenvalue weighted by atomic mass is 10.1. The van der Waals surface area contributed by atoms with Crippen LogP contribution in [0.1, 0.15) is 26.3 Å². The number of amides is 2. The van der Waals surface area contributed by atoms with Crippen LogP contribution in [0.15, 0.2) is 35.0 Å². The molecule has 2 amide bonds. The SMILES string of the molecule is Cc1ccc(C(=O)N(C)CC(O)CO)cc1NC(=O)c1ccsc1. The molecule has 6 nitrogen and oxygen atoms in total. The van der Waals surface area contributed by atoms with E-state index in [4.69, 9.17) is 5.11 Å². The molecule has 2 rings (SSSR count). The van der Waals surface area contributed by atoms with E-state index in [1.165, 1.54) is 16.2 Å². The molecule has 128 valence electrons. The van der Waals surface area contributed by atoms with Crippen LogP contribution in [0.2, 0.25) is 0 Å². The molecule has 0 radical (unpaired) electrons. The molecular weight excluding hydrogens is 328 g/mol. The number of nitrogens with one attached hydrogen (secondary N) is 1. The van der Waals surface area contributed by atoms with E-state index in [1.807, 2.05) is 12.3 Å². The Balaban J connectivity index is 2.15. The summed E-state index contributed by atoms with van der Waals surface area (Å²) in [4.78, 5) is 25.9. The van der Waals surface area contributed by atoms with Gasteiger partial charge < -0.3 is 20.4 Å². The summed E-state index contributed by atoms with van der Waals surface area (Å²) < 4.78 is 0. The fourth-order valence-corrected chi connectivity index (χ4v) is 2.79. The van der Waals surface area contributed by atoms with Gasteiger partial charge in [0.15, 0.2) is 0 Å². The monoisotopic (exact) mass is 348 g/mol. The van der Waals surface area contributed by atoms with Gasteiger partial charge in [-0.3, -0.25) is 9.59 Å². The van der Waals surface area contributed by atoms with Crippen molar-refractivity contribution in [2.24, 2.45) is 0 Å². The third-order valence-corrected chi connectivity index (χ3v) is 4.24. The molecule has 0 aliphatic rings. The zero-order valence-electron chi connectivity index (χ0n) is 13.5. The first kappa shape index (κ1) is 18.1. The number of thiophene rings is 1. The highest BCUT2D eigenvalue weighted by Crippen LogP contribution is 2.19. The minimum Gasteiger partial charge on any atom is -0.394 e. The van der Waals surface area contributed by atoms with E-state index in [0.29, 0.717) is 16.8 Å². The number of rotatable bonds is 6. The van der Waals surface area contributed by atoms with Gasteiger partial charge in [-0.25, -0.2) is 0 Å². The first-order valence-electron chi connectivity index (χ1n) is 7.41. The maximum absolute atomic E-state index is 12.4. The summed E-state index contributed by atoms with van der Waals surface area (Å²) in [5.74, 6) is -0.526. The molecular formula is C17H20N2O4S. The van der Waals surface area contributed by atoms with Gasteiger partial charge in [0.05, 0.1) is 18.3 Å². The molecule has 0 bridgehead atoms. The van der Waals surface area contributed by atoms with Crippen molar-refractivity contribution in [3.63, 3.8) is 0 Å². The van der Waals surface area contributed by atoms with Crippen molar-refractivity contribution in [1.29, 1.82) is 0 Å². The minimum absolute atomic E-state index is 0.0276. The Hall–Kier alpha value is -2.22. The van der Waals surface area contributed by atoms with E-state index in [0.717, 1.165) is 5.56 Å². The van der Waals surface area contributed by atoms with Gasteiger partial charge in [-0.15, -0.1) is 0 Å². The number of anilines is 1. The molecule has 0 fully saturated rings. The van der Waals surface area contributed by atoms with Crippen LogP contribution in [-0.4, -0.2) is 53.2 Å². The molecule has 2 aromatic rings. The second-order valence-electron chi connectivity index (χ2n) is 5.52. The van der Waals surface area contributed by atoms with Crippen LogP contribution in [-0.2, 0) is 0 Å². The molecule has 1 atom stereocenters. The summed E-state index contributed by atoms with van der Waals surface area (Å²) >= 11 is 1.44. The average Bonchev–Trinajstić information content (AvgIpc) is 3.10. The number of likely N-dealkylation sites (N-methyl/N-ethyl adjacent to an activating group) is 1. The molecule has 0 aliphatic heterocycles. The zero-order valence-corrected chi connectivity index (χ0v) is 14.3. The average molecular weight is 348 g/mol. The van der Waals surface area contributed by atoms with Gasteiger partial charge in [-0.05, 0) is 36.1 Å². The fourth-order valence-electron chi connectivity index (χ4n) is 2.16. The summed E-state index contributed by atoms with van der Waals surface area (Å²) in [6.45, 7) is 1.46. The molecule has 0 spiro atoms. The van der Waals surface area contributed by atoms with Crippen LogP contribution in [0.5, 0.6) is 0 Å². The highest BCUT2D eigenvalue weighted by Gasteiger charge is 2.17. The molecule has 1 unspecified atom stereocenters. The van der Waals surface area contributed by atoms with E-state index in [-0.39, 0.29) is 18.4 Å². The number of carbonyl (C=O) groups excluding carboxylic acids is 2. The van der Waals surface area contributed by atoms with Crippen molar-refractivity contribution in [1.82, 2.24) is 4.90 Å². The first-order chi connectivity index (χ1) is 11.4. The molecule has 0 saturated heterocycles. The number of aliphatic hydroxyl groups is 2. The predicted molar refractivity (Wildman–Crippen MR) is 93.5 cm³/mol. The highest BCUT2D eigenvalue weighted by atomic mass is 32.1. The van der Waals surface area contributed by atoms with E-state index < -0.39 is 12.7 Å². The van der Waals surface area contributed by atoms with Crippen LogP contribution >= 0.6 is 11.3 Å². The standard InChI is InChI=1S/C17H20N2O4S/c1-11-3-4-12(17(23)19(2)8-14(21)9-20)7-15(11)18-16(22)13-5-6-24-10-13/h3-7,10,14,20-21H,8-9H2,1-2H3,(H,18,22). The third kappa shape index (κ3) is 4.41. The second kappa shape index (κ2) is 8.05. The Morgan fingerprint density at radius 1 is 1.29 bits per heavy atom. The van der Waals surface area contributed by atoms with Crippen molar-refractivity contribution in [2.75, 3.05) is 25.5 Å². The predicted octanol–water partition coefficient (Wildman–Crippen LogP) is 1.73. The number of nitrogens with zero attached hydrogens (tertiary/aromatic N) is 1. The summed E-state index contributed by atoms with van der Waals surface area (Å²) in [5.41, 5.74) is 2.37. The Morgan fingerprint density at radius 3 is 2.67 bits per heavy atom. The van der Waals surface area contributed by atoms with Gasteiger partial charge in [0.1, 0.15) is 0 Å². The number of benzene rings is 1. The Labute approximate surface area is 144 Å². The van der Waals surface area contributed by atoms with Crippen molar-refractivity contribution in [2.45, 2.75) is 13.0 Å². The van der Waals surface area contributed by atoms with Crippen molar-refractivity contribution < 1.29 is 19.8 Å². The molecule has 3 N–H and O–H groups in total. The lowest BCUT2D eigenvalue weighted by Gasteiger charge is -2.20. The molecule has 7 heteroatoms. The van der Waals surface area contributed by atoms with Gasteiger partial charge >= 0.3 is 0 Å². The van der Waals surface area contributed by atoms with Crippen LogP contribution < -0.4 is 5.32 Å². The maximum Gasteiger partial charge on any atom is 0.256 e. The van der Waals surface area contributed by atoms with Gasteiger partial charge in [0.25, 0.3) is 11.8 Å². The topological polar surface area (TPSA) is 89.9 Å². The summed E-state index contributed by atoms with van der Waals surface area (Å²) in [6.07, 6.45) is -0.984. The fraction of sp³-hybridized carbons (Fsp3) is 0.294. The number of aryl methyl sites for hydroxylation is 1. The number of hydrogen-bond acceptors (Lipinski definition) is 5. The summed E-state index contributed by atoms with van der Waals surface area (Å²) in [5, 5.41) is 24.7. The molecule has 0 saturated carbocycles. The third-order valence-electron chi connectivity index (χ3n) is 3.56. The maximum atomic E-state index is 12.4. The molecule has 1 aromatic heterocycles. The Morgan fingerprint density at radius 2 is 2.04 bits per heavy atom. The van der Waals surface area contributed by atoms with E-state index in [2.05, 4.69) is 5.32 Å². The minimum atomic E-state index is -0.984. The van der Waals surface area contributed by atoms with Crippen molar-refractivity contribution in [3.8, 4) is 0 Å². The molecule has 24 heavy (non-hydrogen) atoms. The summed E-state index contributed by atoms with van der Waals surface area (Å²) in [6, 6.07) is 6.77. The number of carbonyl (C=O) groups is 2. The highest BCUT2D eigenvalue weighted by molar-refractivity contribution is 7.08. The van der Waals surface area contributed by atoms with Crippen molar-refractivity contribution in [3.05, 3.63) is 51.7 Å². The summed E-state index contributed by atoms with van der Waals surface area (Å²) in [7, 11) is 1.55. The Kier molecular flexibility index (Phi) is 6.08. The zero-order chi connectivity index (χ0) is 17.7. The molecule has 0 aliphatic carbocycles. The number of aliphatic hydroxyl groups excluding tert-OH is 2. The smallest absolute Gasteiger partial charge is 0.256 e. The van der Waals surface area contributed by atoms with Crippen LogP contribution in [0.4, 0.5) is 5.69 Å². The first-order valence-corrected chi connectivity index (χ1v) is 8.35. The number of hydrogen-bond donors (Lipinski definition) is 3. The Bertz CT molecular complexity index is 715. The second-order valence-corrected chi connectivity index (χ2v) is 6.30. The lowest BCUT2D eigenvalue weighted by Crippen LogP contribution is -2.35. The van der Waals surface area contributed by atoms with E-state index in [1.54, 1.807) is 36.7 Å². The van der Waals surface area contributed by atoms with E-state index in [9.17, 15) is 14.7 Å². The van der Waals surface area contributed by atoms with Gasteiger partial charge in [0.2, 0.25) is 0 Å². The quantitative estimate of drug-likeness (QED) is 0.742. The lowest BCUT2D eigenvalue weighted by molar-refractivity contribution is 0.0520. The normalized spacial score (nSPS) is 11.8. The van der Waals surface area contributed by atoms with Gasteiger partial charge in [-0.1, -0.05) is 6.07 Å². The largest absolute Gasteiger partial charge is 0.394 e. The van der Waals surface area contributed by atoms with Gasteiger partial charge in [-0.2, -0.15) is 11.3 Å². The van der Waals surface area contributed by atoms with Gasteiger partial charge in [0, 0.05) is 30.2 Å². The van der Waals surface area contributed by atoms with Crippen LogP contribution in [0, 0.1) is 6.92 Å². The van der Waals surface area contributed by atoms with Crippen molar-refractivity contribution >= 4 is 28.8 Å². The van der Waals surface area contributed by atoms with Crippen LogP contribution in [0.25, 0.3) is 0 Å². The molecule has 1 aromatic carbocycles. The van der Waals surface area contributed by atoms with E-state index >= 15 is 0 Å². The van der Waals surface area contributed by atoms with Crippen LogP contribution in [0.3, 0.4) is 0 Å². The molecule has 1 heterocycles.